The van der Waals surface area contributed by atoms with E-state index in [1.807, 2.05) is 25.8 Å². The summed E-state index contributed by atoms with van der Waals surface area (Å²) in [6.07, 6.45) is 6.83. The van der Waals surface area contributed by atoms with Crippen molar-refractivity contribution >= 4 is 0 Å². The number of imidazole rings is 1. The Kier molecular flexibility index (Phi) is 3.11. The molecule has 1 N–H and O–H groups in total. The molecule has 0 radical (unpaired) electrons. The second-order valence-corrected chi connectivity index (χ2v) is 2.63. The third kappa shape index (κ3) is 2.05. The lowest BCUT2D eigenvalue weighted by Crippen LogP contribution is -2.20. The van der Waals surface area contributed by atoms with Gasteiger partial charge in [0.2, 0.25) is 0 Å². The van der Waals surface area contributed by atoms with Gasteiger partial charge in [0.25, 0.3) is 0 Å². The van der Waals surface area contributed by atoms with Gasteiger partial charge in [-0.25, -0.2) is 4.98 Å². The van der Waals surface area contributed by atoms with E-state index in [1.165, 1.54) is 0 Å². The molecule has 62 valence electrons. The van der Waals surface area contributed by atoms with E-state index < -0.39 is 0 Å². The van der Waals surface area contributed by atoms with Crippen molar-refractivity contribution in [2.75, 3.05) is 13.6 Å². The van der Waals surface area contributed by atoms with Crippen LogP contribution in [0.15, 0.2) is 18.7 Å². The summed E-state index contributed by atoms with van der Waals surface area (Å²) in [6, 6.07) is 0.544. The van der Waals surface area contributed by atoms with Gasteiger partial charge in [-0.3, -0.25) is 0 Å². The molecule has 0 saturated carbocycles. The first-order valence-electron chi connectivity index (χ1n) is 4.00. The van der Waals surface area contributed by atoms with E-state index in [9.17, 15) is 0 Å². The van der Waals surface area contributed by atoms with Crippen LogP contribution in [0.3, 0.4) is 0 Å². The van der Waals surface area contributed by atoms with Gasteiger partial charge in [-0.15, -0.1) is 0 Å². The molecule has 3 nitrogen and oxygen atoms in total. The van der Waals surface area contributed by atoms with Crippen LogP contribution < -0.4 is 5.32 Å². The molecule has 0 aliphatic rings. The Morgan fingerprint density at radius 2 is 2.45 bits per heavy atom. The summed E-state index contributed by atoms with van der Waals surface area (Å²) < 4.78 is 2.14. The third-order valence-electron chi connectivity index (χ3n) is 1.86. The van der Waals surface area contributed by atoms with Crippen molar-refractivity contribution < 1.29 is 0 Å². The van der Waals surface area contributed by atoms with Crippen molar-refractivity contribution in [1.82, 2.24) is 14.9 Å². The number of rotatable bonds is 4. The predicted molar refractivity (Wildman–Crippen MR) is 45.5 cm³/mol. The Balaban J connectivity index is 2.56. The van der Waals surface area contributed by atoms with Gasteiger partial charge >= 0.3 is 0 Å². The van der Waals surface area contributed by atoms with Gasteiger partial charge in [0.15, 0.2) is 0 Å². The van der Waals surface area contributed by atoms with E-state index in [0.29, 0.717) is 6.04 Å². The van der Waals surface area contributed by atoms with Crippen LogP contribution in [0.2, 0.25) is 0 Å². The van der Waals surface area contributed by atoms with Gasteiger partial charge in [0.1, 0.15) is 0 Å². The van der Waals surface area contributed by atoms with Crippen LogP contribution in [0.4, 0.5) is 0 Å². The molecule has 1 aromatic rings. The van der Waals surface area contributed by atoms with Gasteiger partial charge in [-0.2, -0.15) is 0 Å². The Labute approximate surface area is 67.4 Å². The monoisotopic (exact) mass is 153 g/mol. The molecule has 0 saturated heterocycles. The van der Waals surface area contributed by atoms with Crippen molar-refractivity contribution in [3.05, 3.63) is 18.7 Å². The summed E-state index contributed by atoms with van der Waals surface area (Å²) in [4.78, 5) is 4.01. The highest BCUT2D eigenvalue weighted by Gasteiger charge is 2.04. The summed E-state index contributed by atoms with van der Waals surface area (Å²) in [5.41, 5.74) is 0. The molecule has 0 amide bonds. The molecule has 0 aliphatic heterocycles. The van der Waals surface area contributed by atoms with E-state index in [-0.39, 0.29) is 0 Å². The zero-order valence-electron chi connectivity index (χ0n) is 7.12. The predicted octanol–water partition coefficient (Wildman–Crippen LogP) is 1.05. The standard InChI is InChI=1S/C8H15N3/c1-3-8(6-9-2)11-5-4-10-7-11/h4-5,7-9H,3,6H2,1-2H3. The number of hydrogen-bond acceptors (Lipinski definition) is 2. The zero-order chi connectivity index (χ0) is 8.10. The molecular weight excluding hydrogens is 138 g/mol. The fourth-order valence-corrected chi connectivity index (χ4v) is 1.18. The van der Waals surface area contributed by atoms with Gasteiger partial charge < -0.3 is 9.88 Å². The molecule has 11 heavy (non-hydrogen) atoms. The molecule has 1 aromatic heterocycles. The third-order valence-corrected chi connectivity index (χ3v) is 1.86. The molecule has 0 fully saturated rings. The summed E-state index contributed by atoms with van der Waals surface area (Å²) >= 11 is 0. The summed E-state index contributed by atoms with van der Waals surface area (Å²) in [5, 5.41) is 3.16. The summed E-state index contributed by atoms with van der Waals surface area (Å²) in [7, 11) is 1.97. The van der Waals surface area contributed by atoms with Gasteiger partial charge in [-0.1, -0.05) is 6.92 Å². The maximum atomic E-state index is 4.01. The van der Waals surface area contributed by atoms with E-state index >= 15 is 0 Å². The highest BCUT2D eigenvalue weighted by Crippen LogP contribution is 2.07. The molecule has 0 aliphatic carbocycles. The van der Waals surface area contributed by atoms with Crippen molar-refractivity contribution in [3.8, 4) is 0 Å². The minimum atomic E-state index is 0.544. The van der Waals surface area contributed by atoms with Crippen LogP contribution in [-0.4, -0.2) is 23.1 Å². The average molecular weight is 153 g/mol. The molecule has 1 rings (SSSR count). The fraction of sp³-hybridized carbons (Fsp3) is 0.625. The minimum absolute atomic E-state index is 0.544. The van der Waals surface area contributed by atoms with E-state index in [4.69, 9.17) is 0 Å². The van der Waals surface area contributed by atoms with Crippen molar-refractivity contribution in [2.24, 2.45) is 0 Å². The van der Waals surface area contributed by atoms with Crippen LogP contribution in [0.5, 0.6) is 0 Å². The lowest BCUT2D eigenvalue weighted by Gasteiger charge is -2.15. The van der Waals surface area contributed by atoms with Crippen LogP contribution in [0.1, 0.15) is 19.4 Å². The van der Waals surface area contributed by atoms with Gasteiger partial charge in [-0.05, 0) is 13.5 Å². The highest BCUT2D eigenvalue weighted by molar-refractivity contribution is 4.80. The zero-order valence-corrected chi connectivity index (χ0v) is 7.12. The Hall–Kier alpha value is -0.830. The molecular formula is C8H15N3. The molecule has 1 heterocycles. The topological polar surface area (TPSA) is 29.9 Å². The average Bonchev–Trinajstić information content (AvgIpc) is 2.52. The maximum Gasteiger partial charge on any atom is 0.0948 e. The Morgan fingerprint density at radius 3 is 2.91 bits per heavy atom. The van der Waals surface area contributed by atoms with Gasteiger partial charge in [0.05, 0.1) is 6.33 Å². The van der Waals surface area contributed by atoms with Gasteiger partial charge in [0, 0.05) is 25.0 Å². The smallest absolute Gasteiger partial charge is 0.0948 e. The number of hydrogen-bond donors (Lipinski definition) is 1. The number of likely N-dealkylation sites (N-methyl/N-ethyl adjacent to an activating group) is 1. The van der Waals surface area contributed by atoms with E-state index in [2.05, 4.69) is 21.8 Å². The van der Waals surface area contributed by atoms with Crippen molar-refractivity contribution in [2.45, 2.75) is 19.4 Å². The molecule has 0 aromatic carbocycles. The SMILES string of the molecule is CCC(CNC)n1ccnc1. The molecule has 1 atom stereocenters. The first-order valence-corrected chi connectivity index (χ1v) is 4.00. The van der Waals surface area contributed by atoms with Crippen LogP contribution in [-0.2, 0) is 0 Å². The van der Waals surface area contributed by atoms with Crippen molar-refractivity contribution in [1.29, 1.82) is 0 Å². The van der Waals surface area contributed by atoms with Crippen LogP contribution >= 0.6 is 0 Å². The first kappa shape index (κ1) is 8.27. The van der Waals surface area contributed by atoms with E-state index in [1.54, 1.807) is 0 Å². The number of aromatic nitrogens is 2. The first-order chi connectivity index (χ1) is 5.38. The van der Waals surface area contributed by atoms with E-state index in [0.717, 1.165) is 13.0 Å². The second-order valence-electron chi connectivity index (χ2n) is 2.63. The molecule has 0 bridgehead atoms. The van der Waals surface area contributed by atoms with Crippen molar-refractivity contribution in [3.63, 3.8) is 0 Å². The normalized spacial score (nSPS) is 13.3. The summed E-state index contributed by atoms with van der Waals surface area (Å²) in [5.74, 6) is 0. The maximum absolute atomic E-state index is 4.01. The minimum Gasteiger partial charge on any atom is -0.333 e. The highest BCUT2D eigenvalue weighted by atomic mass is 15.1. The van der Waals surface area contributed by atoms with Crippen LogP contribution in [0.25, 0.3) is 0 Å². The molecule has 0 spiro atoms. The quantitative estimate of drug-likeness (QED) is 0.700. The Bertz CT molecular complexity index is 181. The number of nitrogens with one attached hydrogen (secondary N) is 1. The fourth-order valence-electron chi connectivity index (χ4n) is 1.18. The second kappa shape index (κ2) is 4.13. The Morgan fingerprint density at radius 1 is 1.64 bits per heavy atom. The lowest BCUT2D eigenvalue weighted by molar-refractivity contribution is 0.464. The molecule has 3 heteroatoms. The largest absolute Gasteiger partial charge is 0.333 e. The number of nitrogens with zero attached hydrogens (tertiary/aromatic N) is 2. The van der Waals surface area contributed by atoms with Crippen LogP contribution in [0, 0.1) is 0 Å². The lowest BCUT2D eigenvalue weighted by atomic mass is 10.2. The molecule has 1 unspecified atom stereocenters. The summed E-state index contributed by atoms with van der Waals surface area (Å²) in [6.45, 7) is 3.19.